The van der Waals surface area contributed by atoms with Gasteiger partial charge in [-0.3, -0.25) is 0 Å². The molecule has 0 radical (unpaired) electrons. The molecule has 1 fully saturated rings. The monoisotopic (exact) mass is 226 g/mol. The van der Waals surface area contributed by atoms with Crippen molar-refractivity contribution >= 4 is 0 Å². The lowest BCUT2D eigenvalue weighted by Gasteiger charge is -2.31. The third-order valence-corrected chi connectivity index (χ3v) is 3.98. The number of rotatable bonds is 7. The fourth-order valence-electron chi connectivity index (χ4n) is 2.88. The van der Waals surface area contributed by atoms with Crippen LogP contribution in [0.15, 0.2) is 0 Å². The van der Waals surface area contributed by atoms with Gasteiger partial charge in [0, 0.05) is 6.54 Å². The molecular weight excluding hydrogens is 196 g/mol. The molecule has 0 amide bonds. The largest absolute Gasteiger partial charge is 0.330 e. The van der Waals surface area contributed by atoms with Gasteiger partial charge in [-0.2, -0.15) is 0 Å². The second kappa shape index (κ2) is 8.08. The van der Waals surface area contributed by atoms with E-state index in [2.05, 4.69) is 18.7 Å². The maximum absolute atomic E-state index is 5.63. The summed E-state index contributed by atoms with van der Waals surface area (Å²) < 4.78 is 0. The van der Waals surface area contributed by atoms with Crippen LogP contribution < -0.4 is 5.73 Å². The Kier molecular flexibility index (Phi) is 7.06. The lowest BCUT2D eigenvalue weighted by atomic mass is 9.95. The van der Waals surface area contributed by atoms with E-state index >= 15 is 0 Å². The van der Waals surface area contributed by atoms with E-state index in [1.54, 1.807) is 0 Å². The summed E-state index contributed by atoms with van der Waals surface area (Å²) in [6, 6.07) is 0. The summed E-state index contributed by atoms with van der Waals surface area (Å²) in [5.41, 5.74) is 5.63. The number of nitrogens with two attached hydrogens (primary N) is 1. The summed E-state index contributed by atoms with van der Waals surface area (Å²) in [6.07, 6.45) is 8.09. The second-order valence-electron chi connectivity index (χ2n) is 5.54. The third-order valence-electron chi connectivity index (χ3n) is 3.98. The maximum Gasteiger partial charge on any atom is 0.000703 e. The number of likely N-dealkylation sites (tertiary alicyclic amines) is 1. The molecule has 0 bridgehead atoms. The average Bonchev–Trinajstić information content (AvgIpc) is 2.28. The molecule has 0 spiro atoms. The molecular formula is C14H30N2. The minimum Gasteiger partial charge on any atom is -0.330 e. The lowest BCUT2D eigenvalue weighted by molar-refractivity contribution is 0.177. The molecule has 2 atom stereocenters. The van der Waals surface area contributed by atoms with Crippen molar-refractivity contribution in [3.8, 4) is 0 Å². The zero-order valence-electron chi connectivity index (χ0n) is 11.3. The first-order chi connectivity index (χ1) is 7.76. The van der Waals surface area contributed by atoms with Crippen LogP contribution in [0.1, 0.15) is 52.4 Å². The van der Waals surface area contributed by atoms with Crippen LogP contribution in [0, 0.1) is 11.8 Å². The molecule has 2 heteroatoms. The van der Waals surface area contributed by atoms with E-state index in [0.29, 0.717) is 0 Å². The Morgan fingerprint density at radius 3 is 2.81 bits per heavy atom. The molecule has 0 aromatic heterocycles. The molecule has 0 aromatic carbocycles. The second-order valence-corrected chi connectivity index (χ2v) is 5.54. The Labute approximate surface area is 102 Å². The fraction of sp³-hybridized carbons (Fsp3) is 1.00. The van der Waals surface area contributed by atoms with Crippen molar-refractivity contribution in [2.75, 3.05) is 26.2 Å². The Morgan fingerprint density at radius 2 is 2.19 bits per heavy atom. The lowest BCUT2D eigenvalue weighted by Crippen LogP contribution is -2.35. The fourth-order valence-corrected chi connectivity index (χ4v) is 2.88. The van der Waals surface area contributed by atoms with Gasteiger partial charge in [0.25, 0.3) is 0 Å². The van der Waals surface area contributed by atoms with Gasteiger partial charge in [-0.25, -0.2) is 0 Å². The highest BCUT2D eigenvalue weighted by Crippen LogP contribution is 2.18. The molecule has 1 saturated heterocycles. The Morgan fingerprint density at radius 1 is 1.38 bits per heavy atom. The van der Waals surface area contributed by atoms with E-state index in [1.165, 1.54) is 58.2 Å². The minimum absolute atomic E-state index is 0.860. The molecule has 2 N–H and O–H groups in total. The molecule has 1 aliphatic heterocycles. The Balaban J connectivity index is 2.09. The highest BCUT2D eigenvalue weighted by Gasteiger charge is 2.15. The number of piperidine rings is 1. The predicted molar refractivity (Wildman–Crippen MR) is 71.5 cm³/mol. The van der Waals surface area contributed by atoms with Crippen molar-refractivity contribution in [2.45, 2.75) is 52.4 Å². The van der Waals surface area contributed by atoms with Gasteiger partial charge in [0.2, 0.25) is 0 Å². The molecule has 2 unspecified atom stereocenters. The van der Waals surface area contributed by atoms with Gasteiger partial charge in [-0.1, -0.05) is 20.3 Å². The van der Waals surface area contributed by atoms with Crippen LogP contribution >= 0.6 is 0 Å². The summed E-state index contributed by atoms with van der Waals surface area (Å²) in [7, 11) is 0. The highest BCUT2D eigenvalue weighted by molar-refractivity contribution is 4.70. The summed E-state index contributed by atoms with van der Waals surface area (Å²) in [6.45, 7) is 9.51. The van der Waals surface area contributed by atoms with Crippen LogP contribution in [0.4, 0.5) is 0 Å². The third kappa shape index (κ3) is 5.31. The van der Waals surface area contributed by atoms with E-state index < -0.39 is 0 Å². The molecule has 1 rings (SSSR count). The van der Waals surface area contributed by atoms with Crippen LogP contribution in [0.25, 0.3) is 0 Å². The normalized spacial score (nSPS) is 24.6. The van der Waals surface area contributed by atoms with Crippen molar-refractivity contribution < 1.29 is 0 Å². The molecule has 1 heterocycles. The molecule has 1 aliphatic rings. The molecule has 2 nitrogen and oxygen atoms in total. The first-order valence-corrected chi connectivity index (χ1v) is 7.18. The minimum atomic E-state index is 0.860. The smallest absolute Gasteiger partial charge is 0.000703 e. The van der Waals surface area contributed by atoms with Gasteiger partial charge >= 0.3 is 0 Å². The number of hydrogen-bond donors (Lipinski definition) is 1. The molecule has 0 saturated carbocycles. The van der Waals surface area contributed by atoms with Crippen molar-refractivity contribution in [1.29, 1.82) is 0 Å². The van der Waals surface area contributed by atoms with Crippen molar-refractivity contribution in [3.05, 3.63) is 0 Å². The van der Waals surface area contributed by atoms with E-state index in [1.807, 2.05) is 0 Å². The van der Waals surface area contributed by atoms with E-state index in [4.69, 9.17) is 5.73 Å². The number of nitrogens with zero attached hydrogens (tertiary/aromatic N) is 1. The first kappa shape index (κ1) is 14.0. The van der Waals surface area contributed by atoms with E-state index in [0.717, 1.165) is 18.4 Å². The quantitative estimate of drug-likeness (QED) is 0.723. The Hall–Kier alpha value is -0.0800. The van der Waals surface area contributed by atoms with Crippen LogP contribution in [0.3, 0.4) is 0 Å². The summed E-state index contributed by atoms with van der Waals surface area (Å²) >= 11 is 0. The summed E-state index contributed by atoms with van der Waals surface area (Å²) in [5, 5.41) is 0. The van der Waals surface area contributed by atoms with Crippen molar-refractivity contribution in [2.24, 2.45) is 17.6 Å². The summed E-state index contributed by atoms with van der Waals surface area (Å²) in [4.78, 5) is 2.66. The average molecular weight is 226 g/mol. The van der Waals surface area contributed by atoms with E-state index in [-0.39, 0.29) is 0 Å². The van der Waals surface area contributed by atoms with E-state index in [9.17, 15) is 0 Å². The van der Waals surface area contributed by atoms with Crippen LogP contribution in [0.2, 0.25) is 0 Å². The number of hydrogen-bond acceptors (Lipinski definition) is 2. The summed E-state index contributed by atoms with van der Waals surface area (Å²) in [5.74, 6) is 1.78. The molecule has 0 aromatic rings. The zero-order chi connectivity index (χ0) is 11.8. The highest BCUT2D eigenvalue weighted by atomic mass is 15.1. The van der Waals surface area contributed by atoms with Gasteiger partial charge in [0.1, 0.15) is 0 Å². The predicted octanol–water partition coefficient (Wildman–Crippen LogP) is 2.87. The van der Waals surface area contributed by atoms with Gasteiger partial charge < -0.3 is 10.6 Å². The van der Waals surface area contributed by atoms with Gasteiger partial charge in [-0.15, -0.1) is 0 Å². The van der Waals surface area contributed by atoms with Gasteiger partial charge in [-0.05, 0) is 63.6 Å². The maximum atomic E-state index is 5.63. The SMILES string of the molecule is CCC(CCN)CCCN1CCCC(C)C1. The van der Waals surface area contributed by atoms with Crippen molar-refractivity contribution in [3.63, 3.8) is 0 Å². The van der Waals surface area contributed by atoms with Crippen LogP contribution in [-0.4, -0.2) is 31.1 Å². The van der Waals surface area contributed by atoms with Crippen LogP contribution in [-0.2, 0) is 0 Å². The molecule has 96 valence electrons. The molecule has 16 heavy (non-hydrogen) atoms. The topological polar surface area (TPSA) is 29.3 Å². The molecule has 0 aliphatic carbocycles. The van der Waals surface area contributed by atoms with Crippen LogP contribution in [0.5, 0.6) is 0 Å². The standard InChI is InChI=1S/C14H30N2/c1-3-14(8-9-15)7-5-11-16-10-4-6-13(2)12-16/h13-14H,3-12,15H2,1-2H3. The zero-order valence-corrected chi connectivity index (χ0v) is 11.3. The first-order valence-electron chi connectivity index (χ1n) is 7.18. The van der Waals surface area contributed by atoms with Crippen molar-refractivity contribution in [1.82, 2.24) is 4.90 Å². The Bertz CT molecular complexity index is 170. The van der Waals surface area contributed by atoms with Gasteiger partial charge in [0.15, 0.2) is 0 Å². The van der Waals surface area contributed by atoms with Gasteiger partial charge in [0.05, 0.1) is 0 Å².